The van der Waals surface area contributed by atoms with E-state index < -0.39 is 11.6 Å². The van der Waals surface area contributed by atoms with Gasteiger partial charge in [0.2, 0.25) is 5.91 Å². The first kappa shape index (κ1) is 24.3. The minimum absolute atomic E-state index is 0. The van der Waals surface area contributed by atoms with E-state index >= 15 is 0 Å². The van der Waals surface area contributed by atoms with E-state index in [4.69, 9.17) is 4.98 Å². The number of amides is 1. The molecule has 0 unspecified atom stereocenters. The van der Waals surface area contributed by atoms with Crippen LogP contribution in [-0.2, 0) is 24.2 Å². The van der Waals surface area contributed by atoms with Crippen LogP contribution in [0.25, 0.3) is 0 Å². The van der Waals surface area contributed by atoms with Crippen LogP contribution in [0, 0.1) is 24.5 Å². The van der Waals surface area contributed by atoms with E-state index in [1.165, 1.54) is 6.07 Å². The van der Waals surface area contributed by atoms with Crippen molar-refractivity contribution >= 4 is 17.4 Å². The summed E-state index contributed by atoms with van der Waals surface area (Å²) >= 11 is 0. The van der Waals surface area contributed by atoms with Gasteiger partial charge in [0.05, 0.1) is 18.4 Å². The van der Waals surface area contributed by atoms with Crippen molar-refractivity contribution in [2.45, 2.75) is 53.6 Å². The number of benzene rings is 1. The Bertz CT molecular complexity index is 1160. The normalized spacial score (nSPS) is 15.3. The van der Waals surface area contributed by atoms with Gasteiger partial charge in [-0.05, 0) is 30.9 Å². The molecule has 0 fully saturated rings. The fourth-order valence-corrected chi connectivity index (χ4v) is 4.11. The van der Waals surface area contributed by atoms with Crippen LogP contribution in [0.3, 0.4) is 0 Å². The standard InChI is InChI=1S/C23H26F2N6O.CH4/c1-13(2)21-23(32)29-20-14(3)27-18(28-22(20)30(21)4)9-8-15-10-26-31(11-15)12-16-6-5-7-17(24)19(16)25;/h5-7,10-11,13,21H,8-9,12H2,1-4H3,(H,29,32);1H4/t21-;/m0./s1. The average molecular weight is 457 g/mol. The Balaban J connectivity index is 0.00000306. The summed E-state index contributed by atoms with van der Waals surface area (Å²) in [5, 5.41) is 7.21. The van der Waals surface area contributed by atoms with Crippen LogP contribution in [0.15, 0.2) is 30.6 Å². The molecule has 1 aliphatic rings. The number of carbonyl (C=O) groups is 1. The van der Waals surface area contributed by atoms with Crippen LogP contribution in [0.4, 0.5) is 20.3 Å². The highest BCUT2D eigenvalue weighted by molar-refractivity contribution is 6.03. The third-order valence-corrected chi connectivity index (χ3v) is 5.70. The zero-order valence-corrected chi connectivity index (χ0v) is 18.6. The third-order valence-electron chi connectivity index (χ3n) is 5.70. The number of aryl methyl sites for hydroxylation is 3. The maximum absolute atomic E-state index is 13.9. The van der Waals surface area contributed by atoms with E-state index in [-0.39, 0.29) is 37.4 Å². The van der Waals surface area contributed by atoms with Gasteiger partial charge in [-0.1, -0.05) is 33.4 Å². The van der Waals surface area contributed by atoms with Gasteiger partial charge in [0, 0.05) is 25.2 Å². The van der Waals surface area contributed by atoms with Gasteiger partial charge in [0.15, 0.2) is 17.5 Å². The number of anilines is 2. The number of fused-ring (bicyclic) bond motifs is 1. The van der Waals surface area contributed by atoms with Crippen molar-refractivity contribution < 1.29 is 13.6 Å². The molecule has 0 radical (unpaired) electrons. The molecule has 0 saturated heterocycles. The number of hydrogen-bond acceptors (Lipinski definition) is 5. The molecule has 1 amide bonds. The summed E-state index contributed by atoms with van der Waals surface area (Å²) in [6, 6.07) is 3.84. The number of likely N-dealkylation sites (N-methyl/N-ethyl adjacent to an activating group) is 1. The van der Waals surface area contributed by atoms with Crippen LogP contribution < -0.4 is 10.2 Å². The van der Waals surface area contributed by atoms with Crippen molar-refractivity contribution in [1.82, 2.24) is 19.7 Å². The highest BCUT2D eigenvalue weighted by atomic mass is 19.2. The van der Waals surface area contributed by atoms with Gasteiger partial charge < -0.3 is 10.2 Å². The highest BCUT2D eigenvalue weighted by Crippen LogP contribution is 2.33. The van der Waals surface area contributed by atoms with E-state index in [1.807, 2.05) is 38.9 Å². The molecule has 1 aromatic carbocycles. The quantitative estimate of drug-likeness (QED) is 0.603. The van der Waals surface area contributed by atoms with E-state index in [9.17, 15) is 13.6 Å². The van der Waals surface area contributed by atoms with Crippen LogP contribution in [-0.4, -0.2) is 38.7 Å². The Kier molecular flexibility index (Phi) is 7.09. The second-order valence-corrected chi connectivity index (χ2v) is 8.47. The van der Waals surface area contributed by atoms with Gasteiger partial charge in [-0.15, -0.1) is 0 Å². The fraction of sp³-hybridized carbons (Fsp3) is 0.417. The number of carbonyl (C=O) groups excluding carboxylic acids is 1. The largest absolute Gasteiger partial charge is 0.346 e. The van der Waals surface area contributed by atoms with Gasteiger partial charge in [-0.2, -0.15) is 5.10 Å². The van der Waals surface area contributed by atoms with E-state index in [0.29, 0.717) is 24.4 Å². The molecule has 7 nitrogen and oxygen atoms in total. The zero-order chi connectivity index (χ0) is 23.0. The van der Waals surface area contributed by atoms with E-state index in [0.717, 1.165) is 23.1 Å². The molecule has 1 N–H and O–H groups in total. The molecular formula is C24H30F2N6O. The Labute approximate surface area is 192 Å². The van der Waals surface area contributed by atoms with E-state index in [1.54, 1.807) is 16.9 Å². The first-order valence-corrected chi connectivity index (χ1v) is 10.6. The summed E-state index contributed by atoms with van der Waals surface area (Å²) in [7, 11) is 1.88. The van der Waals surface area contributed by atoms with Crippen molar-refractivity contribution in [3.05, 3.63) is 64.9 Å². The lowest BCUT2D eigenvalue weighted by Gasteiger charge is -2.36. The fourth-order valence-electron chi connectivity index (χ4n) is 4.11. The lowest BCUT2D eigenvalue weighted by atomic mass is 9.99. The van der Waals surface area contributed by atoms with E-state index in [2.05, 4.69) is 15.4 Å². The molecule has 0 aliphatic carbocycles. The van der Waals surface area contributed by atoms with Crippen LogP contribution in [0.2, 0.25) is 0 Å². The van der Waals surface area contributed by atoms with Crippen molar-refractivity contribution in [3.8, 4) is 0 Å². The van der Waals surface area contributed by atoms with Gasteiger partial charge in [0.25, 0.3) is 0 Å². The lowest BCUT2D eigenvalue weighted by molar-refractivity contribution is -0.118. The molecular weight excluding hydrogens is 426 g/mol. The summed E-state index contributed by atoms with van der Waals surface area (Å²) in [4.78, 5) is 23.7. The molecule has 0 spiro atoms. The minimum atomic E-state index is -0.865. The Hall–Kier alpha value is -3.36. The van der Waals surface area contributed by atoms with Crippen LogP contribution in [0.1, 0.15) is 43.9 Å². The Morgan fingerprint density at radius 1 is 1.18 bits per heavy atom. The second kappa shape index (κ2) is 9.64. The molecule has 3 heterocycles. The number of nitrogens with one attached hydrogen (secondary N) is 1. The van der Waals surface area contributed by atoms with Crippen molar-refractivity contribution in [1.29, 1.82) is 0 Å². The van der Waals surface area contributed by atoms with Gasteiger partial charge >= 0.3 is 0 Å². The van der Waals surface area contributed by atoms with Crippen molar-refractivity contribution in [3.63, 3.8) is 0 Å². The molecule has 2 aromatic heterocycles. The molecule has 0 saturated carbocycles. The number of rotatable bonds is 6. The summed E-state index contributed by atoms with van der Waals surface area (Å²) in [6.45, 7) is 6.03. The Morgan fingerprint density at radius 3 is 2.67 bits per heavy atom. The Morgan fingerprint density at radius 2 is 1.94 bits per heavy atom. The number of halogens is 2. The molecule has 9 heteroatoms. The number of hydrogen-bond donors (Lipinski definition) is 1. The minimum Gasteiger partial charge on any atom is -0.346 e. The second-order valence-electron chi connectivity index (χ2n) is 8.47. The lowest BCUT2D eigenvalue weighted by Crippen LogP contribution is -2.49. The first-order valence-electron chi connectivity index (χ1n) is 10.6. The maximum Gasteiger partial charge on any atom is 0.247 e. The smallest absolute Gasteiger partial charge is 0.247 e. The van der Waals surface area contributed by atoms with Gasteiger partial charge in [0.1, 0.15) is 17.6 Å². The van der Waals surface area contributed by atoms with Crippen molar-refractivity contribution in [2.24, 2.45) is 5.92 Å². The third kappa shape index (κ3) is 4.86. The number of aromatic nitrogens is 4. The zero-order valence-electron chi connectivity index (χ0n) is 18.6. The molecule has 1 atom stereocenters. The molecule has 1 aliphatic heterocycles. The van der Waals surface area contributed by atoms with Gasteiger partial charge in [-0.3, -0.25) is 9.48 Å². The predicted octanol–water partition coefficient (Wildman–Crippen LogP) is 4.14. The molecule has 3 aromatic rings. The summed E-state index contributed by atoms with van der Waals surface area (Å²) in [5.74, 6) is -0.218. The maximum atomic E-state index is 13.9. The van der Waals surface area contributed by atoms with Gasteiger partial charge in [-0.25, -0.2) is 18.7 Å². The SMILES string of the molecule is C.Cc1nc(CCc2cnn(Cc3cccc(F)c3F)c2)nc2c1NC(=O)[C@H](C(C)C)N2C. The topological polar surface area (TPSA) is 75.9 Å². The average Bonchev–Trinajstić information content (AvgIpc) is 3.18. The summed E-state index contributed by atoms with van der Waals surface area (Å²) in [5.41, 5.74) is 2.58. The summed E-state index contributed by atoms with van der Waals surface area (Å²) in [6.07, 6.45) is 4.76. The highest BCUT2D eigenvalue weighted by Gasteiger charge is 2.35. The predicted molar refractivity (Wildman–Crippen MR) is 124 cm³/mol. The molecule has 4 rings (SSSR count). The molecule has 0 bridgehead atoms. The summed E-state index contributed by atoms with van der Waals surface area (Å²) < 4.78 is 28.9. The van der Waals surface area contributed by atoms with Crippen LogP contribution in [0.5, 0.6) is 0 Å². The first-order chi connectivity index (χ1) is 15.2. The molecule has 176 valence electrons. The monoisotopic (exact) mass is 456 g/mol. The van der Waals surface area contributed by atoms with Crippen molar-refractivity contribution in [2.75, 3.05) is 17.3 Å². The number of nitrogens with zero attached hydrogens (tertiary/aromatic N) is 5. The molecule has 33 heavy (non-hydrogen) atoms. The van der Waals surface area contributed by atoms with Crippen LogP contribution >= 0.6 is 0 Å².